The van der Waals surface area contributed by atoms with Gasteiger partial charge in [0.15, 0.2) is 0 Å². The van der Waals surface area contributed by atoms with Crippen LogP contribution in [-0.2, 0) is 17.6 Å². The summed E-state index contributed by atoms with van der Waals surface area (Å²) in [4.78, 5) is 10.2. The summed E-state index contributed by atoms with van der Waals surface area (Å²) in [7, 11) is 1.67. The minimum absolute atomic E-state index is 0.167. The first-order valence-corrected chi connectivity index (χ1v) is 4.49. The maximum absolute atomic E-state index is 10.5. The number of methoxy groups -OCH3 is 1. The maximum Gasteiger partial charge on any atom is 0.269 e. The number of ether oxygens (including phenoxy) is 1. The monoisotopic (exact) mass is 193 g/mol. The second-order valence-electron chi connectivity index (χ2n) is 3.48. The van der Waals surface area contributed by atoms with Gasteiger partial charge in [-0.1, -0.05) is 6.07 Å². The molecule has 4 nitrogen and oxygen atoms in total. The van der Waals surface area contributed by atoms with E-state index in [0.29, 0.717) is 0 Å². The molecule has 1 unspecified atom stereocenters. The van der Waals surface area contributed by atoms with Crippen LogP contribution >= 0.6 is 0 Å². The van der Waals surface area contributed by atoms with Crippen molar-refractivity contribution in [3.8, 4) is 0 Å². The lowest BCUT2D eigenvalue weighted by molar-refractivity contribution is -0.384. The van der Waals surface area contributed by atoms with E-state index in [1.54, 1.807) is 19.2 Å². The molecule has 1 atom stereocenters. The molecule has 2 rings (SSSR count). The zero-order valence-electron chi connectivity index (χ0n) is 7.90. The molecular formula is C10H11NO3. The third-order valence-corrected chi connectivity index (χ3v) is 2.63. The van der Waals surface area contributed by atoms with Crippen LogP contribution in [0.5, 0.6) is 0 Å². The summed E-state index contributed by atoms with van der Waals surface area (Å²) in [6.07, 6.45) is 1.84. The SMILES string of the molecule is COC1Cc2ccc([N+](=O)[O-])cc2C1. The van der Waals surface area contributed by atoms with E-state index in [1.165, 1.54) is 5.56 Å². The molecule has 0 bridgehead atoms. The molecule has 74 valence electrons. The van der Waals surface area contributed by atoms with E-state index in [4.69, 9.17) is 4.74 Å². The van der Waals surface area contributed by atoms with E-state index >= 15 is 0 Å². The van der Waals surface area contributed by atoms with Gasteiger partial charge in [0.1, 0.15) is 0 Å². The van der Waals surface area contributed by atoms with Crippen LogP contribution in [0.25, 0.3) is 0 Å². The van der Waals surface area contributed by atoms with Crippen molar-refractivity contribution in [1.82, 2.24) is 0 Å². The van der Waals surface area contributed by atoms with E-state index < -0.39 is 0 Å². The molecule has 0 saturated heterocycles. The highest BCUT2D eigenvalue weighted by Crippen LogP contribution is 2.27. The Morgan fingerprint density at radius 3 is 2.79 bits per heavy atom. The molecule has 0 aromatic heterocycles. The fourth-order valence-corrected chi connectivity index (χ4v) is 1.84. The Bertz CT molecular complexity index is 376. The first kappa shape index (κ1) is 9.15. The molecule has 0 N–H and O–H groups in total. The van der Waals surface area contributed by atoms with Crippen LogP contribution in [0.2, 0.25) is 0 Å². The van der Waals surface area contributed by atoms with E-state index in [-0.39, 0.29) is 16.7 Å². The van der Waals surface area contributed by atoms with E-state index in [0.717, 1.165) is 18.4 Å². The second-order valence-corrected chi connectivity index (χ2v) is 3.48. The van der Waals surface area contributed by atoms with Crippen molar-refractivity contribution >= 4 is 5.69 Å². The first-order chi connectivity index (χ1) is 6.70. The van der Waals surface area contributed by atoms with Crippen molar-refractivity contribution in [1.29, 1.82) is 0 Å². The lowest BCUT2D eigenvalue weighted by atomic mass is 10.1. The van der Waals surface area contributed by atoms with Crippen molar-refractivity contribution in [2.75, 3.05) is 7.11 Å². The quantitative estimate of drug-likeness (QED) is 0.530. The number of hydrogen-bond donors (Lipinski definition) is 0. The summed E-state index contributed by atoms with van der Waals surface area (Å²) in [6, 6.07) is 5.03. The standard InChI is InChI=1S/C10H11NO3/c1-14-10-5-7-2-3-9(11(12)13)4-8(7)6-10/h2-4,10H,5-6H2,1H3. The van der Waals surface area contributed by atoms with Gasteiger partial charge in [-0.2, -0.15) is 0 Å². The Balaban J connectivity index is 2.31. The van der Waals surface area contributed by atoms with Crippen molar-refractivity contribution in [2.24, 2.45) is 0 Å². The van der Waals surface area contributed by atoms with Crippen molar-refractivity contribution in [2.45, 2.75) is 18.9 Å². The van der Waals surface area contributed by atoms with E-state index in [2.05, 4.69) is 0 Å². The lowest BCUT2D eigenvalue weighted by Crippen LogP contribution is -2.08. The molecule has 1 aliphatic rings. The molecule has 0 heterocycles. The van der Waals surface area contributed by atoms with Gasteiger partial charge in [-0.05, 0) is 24.0 Å². The molecule has 0 amide bonds. The molecule has 0 fully saturated rings. The number of benzene rings is 1. The summed E-state index contributed by atoms with van der Waals surface area (Å²) in [5.74, 6) is 0. The largest absolute Gasteiger partial charge is 0.381 e. The summed E-state index contributed by atoms with van der Waals surface area (Å²) in [6.45, 7) is 0. The van der Waals surface area contributed by atoms with Gasteiger partial charge in [-0.15, -0.1) is 0 Å². The van der Waals surface area contributed by atoms with Gasteiger partial charge < -0.3 is 4.74 Å². The van der Waals surface area contributed by atoms with Crippen LogP contribution < -0.4 is 0 Å². The lowest BCUT2D eigenvalue weighted by Gasteiger charge is -2.03. The zero-order chi connectivity index (χ0) is 10.1. The Morgan fingerprint density at radius 2 is 2.14 bits per heavy atom. The minimum atomic E-state index is -0.361. The number of fused-ring (bicyclic) bond motifs is 1. The fourth-order valence-electron chi connectivity index (χ4n) is 1.84. The zero-order valence-corrected chi connectivity index (χ0v) is 7.90. The van der Waals surface area contributed by atoms with Crippen LogP contribution in [0.3, 0.4) is 0 Å². The smallest absolute Gasteiger partial charge is 0.269 e. The van der Waals surface area contributed by atoms with Crippen LogP contribution in [0, 0.1) is 10.1 Å². The van der Waals surface area contributed by atoms with Crippen molar-refractivity contribution < 1.29 is 9.66 Å². The number of non-ortho nitro benzene ring substituents is 1. The average Bonchev–Trinajstić information content (AvgIpc) is 2.58. The molecule has 1 aromatic carbocycles. The highest BCUT2D eigenvalue weighted by Gasteiger charge is 2.22. The van der Waals surface area contributed by atoms with Gasteiger partial charge >= 0.3 is 0 Å². The molecule has 0 saturated carbocycles. The molecular weight excluding hydrogens is 182 g/mol. The Morgan fingerprint density at radius 1 is 1.43 bits per heavy atom. The molecule has 4 heteroatoms. The molecule has 1 aromatic rings. The number of nitrogens with zero attached hydrogens (tertiary/aromatic N) is 1. The van der Waals surface area contributed by atoms with Gasteiger partial charge in [0, 0.05) is 19.2 Å². The number of hydrogen-bond acceptors (Lipinski definition) is 3. The second kappa shape index (κ2) is 3.38. The average molecular weight is 193 g/mol. The van der Waals surface area contributed by atoms with Gasteiger partial charge in [0.2, 0.25) is 0 Å². The van der Waals surface area contributed by atoms with Gasteiger partial charge in [0.25, 0.3) is 5.69 Å². The summed E-state index contributed by atoms with van der Waals surface area (Å²) in [5, 5.41) is 10.5. The van der Waals surface area contributed by atoms with E-state index in [1.807, 2.05) is 6.07 Å². The van der Waals surface area contributed by atoms with Crippen LogP contribution in [0.4, 0.5) is 5.69 Å². The highest BCUT2D eigenvalue weighted by atomic mass is 16.6. The molecule has 0 spiro atoms. The number of nitro benzene ring substituents is 1. The Hall–Kier alpha value is -1.42. The fraction of sp³-hybridized carbons (Fsp3) is 0.400. The van der Waals surface area contributed by atoms with Crippen LogP contribution in [0.1, 0.15) is 11.1 Å². The number of nitro groups is 1. The third kappa shape index (κ3) is 1.48. The molecule has 14 heavy (non-hydrogen) atoms. The van der Waals surface area contributed by atoms with Crippen molar-refractivity contribution in [3.63, 3.8) is 0 Å². The predicted octanol–water partition coefficient (Wildman–Crippen LogP) is 1.71. The first-order valence-electron chi connectivity index (χ1n) is 4.49. The topological polar surface area (TPSA) is 52.4 Å². The normalized spacial score (nSPS) is 19.4. The molecule has 0 aliphatic heterocycles. The van der Waals surface area contributed by atoms with Gasteiger partial charge in [-0.25, -0.2) is 0 Å². The third-order valence-electron chi connectivity index (χ3n) is 2.63. The summed E-state index contributed by atoms with van der Waals surface area (Å²) < 4.78 is 5.22. The summed E-state index contributed by atoms with van der Waals surface area (Å²) >= 11 is 0. The molecule has 0 radical (unpaired) electrons. The minimum Gasteiger partial charge on any atom is -0.381 e. The predicted molar refractivity (Wildman–Crippen MR) is 51.3 cm³/mol. The van der Waals surface area contributed by atoms with Crippen LogP contribution in [-0.4, -0.2) is 18.1 Å². The van der Waals surface area contributed by atoms with E-state index in [9.17, 15) is 10.1 Å². The molecule has 1 aliphatic carbocycles. The van der Waals surface area contributed by atoms with Crippen molar-refractivity contribution in [3.05, 3.63) is 39.4 Å². The highest BCUT2D eigenvalue weighted by molar-refractivity contribution is 5.42. The number of rotatable bonds is 2. The van der Waals surface area contributed by atoms with Crippen LogP contribution in [0.15, 0.2) is 18.2 Å². The maximum atomic E-state index is 10.5. The van der Waals surface area contributed by atoms with Gasteiger partial charge in [0.05, 0.1) is 11.0 Å². The Labute approximate surface area is 81.7 Å². The van der Waals surface area contributed by atoms with Gasteiger partial charge in [-0.3, -0.25) is 10.1 Å². The Kier molecular flexibility index (Phi) is 2.21. The summed E-state index contributed by atoms with van der Waals surface area (Å²) in [5.41, 5.74) is 2.38.